The van der Waals surface area contributed by atoms with E-state index in [0.29, 0.717) is 23.5 Å². The highest BCUT2D eigenvalue weighted by atomic mass is 32.1. The summed E-state index contributed by atoms with van der Waals surface area (Å²) in [6, 6.07) is 15.3. The summed E-state index contributed by atoms with van der Waals surface area (Å²) in [5.74, 6) is -0.198. The van der Waals surface area contributed by atoms with Gasteiger partial charge in [0, 0.05) is 26.2 Å². The van der Waals surface area contributed by atoms with E-state index in [1.807, 2.05) is 63.2 Å². The molecule has 0 bridgehead atoms. The standard InChI is InChI=1S/C28H31N5O3S/c1-4-30(17-21-12-6-5-7-13-21)23(34)18-32-25-24(37-27(29-25)31-15-8-9-16-31)26(35)33(28(32)36)22-14-10-11-19(2)20(22)3/h5-7,10-14H,4,8-9,15-18H2,1-3H3. The number of aryl methyl sites for hydroxylation is 1. The Morgan fingerprint density at radius 1 is 1.03 bits per heavy atom. The van der Waals surface area contributed by atoms with Gasteiger partial charge in [-0.25, -0.2) is 14.3 Å². The highest BCUT2D eigenvalue weighted by Gasteiger charge is 2.25. The molecule has 37 heavy (non-hydrogen) atoms. The van der Waals surface area contributed by atoms with Crippen LogP contribution in [-0.4, -0.2) is 44.6 Å². The van der Waals surface area contributed by atoms with E-state index < -0.39 is 11.2 Å². The van der Waals surface area contributed by atoms with Gasteiger partial charge in [0.25, 0.3) is 5.56 Å². The minimum Gasteiger partial charge on any atom is -0.348 e. The number of hydrogen-bond acceptors (Lipinski definition) is 6. The number of amides is 1. The van der Waals surface area contributed by atoms with Gasteiger partial charge in [0.2, 0.25) is 5.91 Å². The van der Waals surface area contributed by atoms with Crippen molar-refractivity contribution in [2.24, 2.45) is 0 Å². The van der Waals surface area contributed by atoms with Crippen LogP contribution in [0.2, 0.25) is 0 Å². The summed E-state index contributed by atoms with van der Waals surface area (Å²) in [5, 5.41) is 0.723. The van der Waals surface area contributed by atoms with E-state index in [1.165, 1.54) is 20.5 Å². The maximum Gasteiger partial charge on any atom is 0.337 e. The zero-order chi connectivity index (χ0) is 26.1. The van der Waals surface area contributed by atoms with Crippen molar-refractivity contribution < 1.29 is 4.79 Å². The SMILES string of the molecule is CCN(Cc1ccccc1)C(=O)Cn1c(=O)n(-c2cccc(C)c2C)c(=O)c2sc(N3CCCC3)nc21. The zero-order valence-corrected chi connectivity index (χ0v) is 22.3. The fraction of sp³-hybridized carbons (Fsp3) is 0.357. The van der Waals surface area contributed by atoms with E-state index in [4.69, 9.17) is 4.98 Å². The highest BCUT2D eigenvalue weighted by molar-refractivity contribution is 7.22. The molecule has 1 aliphatic rings. The third-order valence-corrected chi connectivity index (χ3v) is 8.20. The van der Waals surface area contributed by atoms with Gasteiger partial charge in [-0.1, -0.05) is 53.8 Å². The third kappa shape index (κ3) is 4.71. The summed E-state index contributed by atoms with van der Waals surface area (Å²) in [4.78, 5) is 49.7. The number of hydrogen-bond donors (Lipinski definition) is 0. The van der Waals surface area contributed by atoms with Crippen LogP contribution < -0.4 is 16.1 Å². The molecule has 192 valence electrons. The summed E-state index contributed by atoms with van der Waals surface area (Å²) in [6.45, 7) is 8.26. The molecule has 2 aromatic heterocycles. The first-order chi connectivity index (χ1) is 17.9. The molecule has 0 radical (unpaired) electrons. The summed E-state index contributed by atoms with van der Waals surface area (Å²) in [7, 11) is 0. The molecule has 1 saturated heterocycles. The van der Waals surface area contributed by atoms with Gasteiger partial charge >= 0.3 is 5.69 Å². The first-order valence-corrected chi connectivity index (χ1v) is 13.5. The number of anilines is 1. The van der Waals surface area contributed by atoms with Gasteiger partial charge in [-0.3, -0.25) is 14.2 Å². The molecule has 8 nitrogen and oxygen atoms in total. The van der Waals surface area contributed by atoms with Crippen LogP contribution in [0.15, 0.2) is 58.1 Å². The normalized spacial score (nSPS) is 13.4. The molecule has 0 atom stereocenters. The van der Waals surface area contributed by atoms with Gasteiger partial charge < -0.3 is 9.80 Å². The van der Waals surface area contributed by atoms with E-state index >= 15 is 0 Å². The van der Waals surface area contributed by atoms with Gasteiger partial charge in [-0.15, -0.1) is 0 Å². The van der Waals surface area contributed by atoms with Crippen molar-refractivity contribution in [3.05, 3.63) is 86.1 Å². The first kappa shape index (κ1) is 25.0. The molecular formula is C28H31N5O3S. The molecule has 0 saturated carbocycles. The van der Waals surface area contributed by atoms with Crippen molar-refractivity contribution in [3.63, 3.8) is 0 Å². The van der Waals surface area contributed by atoms with E-state index in [1.54, 1.807) is 11.0 Å². The Kier molecular flexibility index (Phi) is 6.97. The summed E-state index contributed by atoms with van der Waals surface area (Å²) < 4.78 is 2.98. The minimum absolute atomic E-state index is 0.190. The quantitative estimate of drug-likeness (QED) is 0.372. The van der Waals surface area contributed by atoms with E-state index in [9.17, 15) is 14.4 Å². The van der Waals surface area contributed by atoms with Crippen LogP contribution >= 0.6 is 11.3 Å². The van der Waals surface area contributed by atoms with Gasteiger partial charge in [0.15, 0.2) is 10.8 Å². The molecule has 0 aliphatic carbocycles. The molecule has 3 heterocycles. The molecule has 4 aromatic rings. The number of thiazole rings is 1. The number of benzene rings is 2. The molecule has 1 aliphatic heterocycles. The number of carbonyl (C=O) groups is 1. The fourth-order valence-electron chi connectivity index (χ4n) is 4.81. The van der Waals surface area contributed by atoms with Crippen LogP contribution in [0.4, 0.5) is 5.13 Å². The molecule has 0 N–H and O–H groups in total. The molecule has 9 heteroatoms. The van der Waals surface area contributed by atoms with Gasteiger partial charge in [0.05, 0.1) is 5.69 Å². The molecule has 0 spiro atoms. The first-order valence-electron chi connectivity index (χ1n) is 12.7. The van der Waals surface area contributed by atoms with Crippen LogP contribution in [0.3, 0.4) is 0 Å². The largest absolute Gasteiger partial charge is 0.348 e. The second kappa shape index (κ2) is 10.3. The number of nitrogens with zero attached hydrogens (tertiary/aromatic N) is 5. The Morgan fingerprint density at radius 2 is 1.76 bits per heavy atom. The van der Waals surface area contributed by atoms with Crippen molar-refractivity contribution in [1.82, 2.24) is 19.0 Å². The smallest absolute Gasteiger partial charge is 0.337 e. The number of rotatable bonds is 7. The number of fused-ring (bicyclic) bond motifs is 1. The van der Waals surface area contributed by atoms with Crippen LogP contribution in [0.5, 0.6) is 0 Å². The van der Waals surface area contributed by atoms with Gasteiger partial charge in [-0.2, -0.15) is 0 Å². The zero-order valence-electron chi connectivity index (χ0n) is 21.4. The fourth-order valence-corrected chi connectivity index (χ4v) is 5.87. The number of carbonyl (C=O) groups excluding carboxylic acids is 1. The molecule has 2 aromatic carbocycles. The molecule has 1 fully saturated rings. The lowest BCUT2D eigenvalue weighted by Gasteiger charge is -2.22. The average molecular weight is 518 g/mol. The van der Waals surface area contributed by atoms with E-state index in [2.05, 4.69) is 4.90 Å². The summed E-state index contributed by atoms with van der Waals surface area (Å²) >= 11 is 1.30. The summed E-state index contributed by atoms with van der Waals surface area (Å²) in [6.07, 6.45) is 2.14. The molecule has 0 unspecified atom stereocenters. The van der Waals surface area contributed by atoms with Gasteiger partial charge in [0.1, 0.15) is 11.2 Å². The Morgan fingerprint density at radius 3 is 2.46 bits per heavy atom. The van der Waals surface area contributed by atoms with Crippen molar-refractivity contribution in [2.75, 3.05) is 24.5 Å². The molecule has 5 rings (SSSR count). The maximum absolute atomic E-state index is 13.9. The van der Waals surface area contributed by atoms with Crippen LogP contribution in [0, 0.1) is 13.8 Å². The average Bonchev–Trinajstić information content (AvgIpc) is 3.59. The summed E-state index contributed by atoms with van der Waals surface area (Å²) in [5.41, 5.74) is 2.72. The van der Waals surface area contributed by atoms with Crippen LogP contribution in [0.1, 0.15) is 36.5 Å². The van der Waals surface area contributed by atoms with Crippen LogP contribution in [-0.2, 0) is 17.9 Å². The Labute approximate surface area is 219 Å². The second-order valence-electron chi connectivity index (χ2n) is 9.47. The van der Waals surface area contributed by atoms with Crippen LogP contribution in [0.25, 0.3) is 16.0 Å². The van der Waals surface area contributed by atoms with Gasteiger partial charge in [-0.05, 0) is 56.4 Å². The van der Waals surface area contributed by atoms with E-state index in [-0.39, 0.29) is 18.1 Å². The van der Waals surface area contributed by atoms with Crippen molar-refractivity contribution in [2.45, 2.75) is 46.7 Å². The second-order valence-corrected chi connectivity index (χ2v) is 10.4. The van der Waals surface area contributed by atoms with Crippen molar-refractivity contribution in [1.29, 1.82) is 0 Å². The predicted octanol–water partition coefficient (Wildman–Crippen LogP) is 3.87. The predicted molar refractivity (Wildman–Crippen MR) is 148 cm³/mol. The Bertz CT molecular complexity index is 1560. The highest BCUT2D eigenvalue weighted by Crippen LogP contribution is 2.29. The third-order valence-electron chi connectivity index (χ3n) is 7.11. The van der Waals surface area contributed by atoms with E-state index in [0.717, 1.165) is 47.8 Å². The molecular weight excluding hydrogens is 486 g/mol. The lowest BCUT2D eigenvalue weighted by atomic mass is 10.1. The topological polar surface area (TPSA) is 80.4 Å². The lowest BCUT2D eigenvalue weighted by Crippen LogP contribution is -2.42. The maximum atomic E-state index is 13.9. The monoisotopic (exact) mass is 517 g/mol. The Balaban J connectivity index is 1.64. The Hall–Kier alpha value is -3.72. The molecule has 1 amide bonds. The number of likely N-dealkylation sites (N-methyl/N-ethyl adjacent to an activating group) is 1. The minimum atomic E-state index is -0.548. The number of aromatic nitrogens is 3. The van der Waals surface area contributed by atoms with Crippen molar-refractivity contribution in [3.8, 4) is 5.69 Å². The van der Waals surface area contributed by atoms with Crippen molar-refractivity contribution >= 4 is 32.7 Å². The lowest BCUT2D eigenvalue weighted by molar-refractivity contribution is -0.132.